The van der Waals surface area contributed by atoms with Gasteiger partial charge in [0.25, 0.3) is 0 Å². The molecular formula is C22H29BrN2O3. The predicted octanol–water partition coefficient (Wildman–Crippen LogP) is 0.723. The molecule has 1 unspecified atom stereocenters. The SMILES string of the molecule is CC(OC1CN(C(=O)OC(C)(C)C)C1)c1cc[n+](Cc2ccccc2)cc1.[Br-]. The Morgan fingerprint density at radius 2 is 1.75 bits per heavy atom. The van der Waals surface area contributed by atoms with E-state index in [-0.39, 0.29) is 35.3 Å². The van der Waals surface area contributed by atoms with Crippen molar-refractivity contribution in [3.63, 3.8) is 0 Å². The maximum absolute atomic E-state index is 12.0. The molecular weight excluding hydrogens is 420 g/mol. The van der Waals surface area contributed by atoms with E-state index in [9.17, 15) is 4.79 Å². The number of rotatable bonds is 5. The van der Waals surface area contributed by atoms with Crippen molar-refractivity contribution in [2.75, 3.05) is 13.1 Å². The Morgan fingerprint density at radius 1 is 1.14 bits per heavy atom. The second-order valence-electron chi connectivity index (χ2n) is 8.08. The van der Waals surface area contributed by atoms with Gasteiger partial charge in [0.1, 0.15) is 5.60 Å². The third-order valence-corrected chi connectivity index (χ3v) is 4.49. The van der Waals surface area contributed by atoms with Crippen molar-refractivity contribution in [3.05, 3.63) is 66.0 Å². The maximum Gasteiger partial charge on any atom is 0.410 e. The molecule has 1 aliphatic rings. The fourth-order valence-corrected chi connectivity index (χ4v) is 3.01. The van der Waals surface area contributed by atoms with Gasteiger partial charge in [-0.25, -0.2) is 9.36 Å². The van der Waals surface area contributed by atoms with Crippen LogP contribution in [-0.2, 0) is 16.0 Å². The Kier molecular flexibility index (Phi) is 7.61. The van der Waals surface area contributed by atoms with Gasteiger partial charge >= 0.3 is 6.09 Å². The molecule has 1 atom stereocenters. The zero-order valence-electron chi connectivity index (χ0n) is 17.0. The first-order valence-electron chi connectivity index (χ1n) is 9.46. The van der Waals surface area contributed by atoms with Crippen molar-refractivity contribution in [3.8, 4) is 0 Å². The second-order valence-corrected chi connectivity index (χ2v) is 8.08. The Labute approximate surface area is 178 Å². The standard InChI is InChI=1S/C22H29N2O3.BrH/c1-17(26-20-15-24(16-20)21(25)27-22(2,3)4)19-10-12-23(13-11-19)14-18-8-6-5-7-9-18;/h5-13,17,20H,14-16H2,1-4H3;1H/q+1;/p-1. The number of hydrogen-bond donors (Lipinski definition) is 0. The normalized spacial score (nSPS) is 15.4. The summed E-state index contributed by atoms with van der Waals surface area (Å²) in [5.41, 5.74) is 1.95. The summed E-state index contributed by atoms with van der Waals surface area (Å²) in [4.78, 5) is 13.7. The lowest BCUT2D eigenvalue weighted by Crippen LogP contribution is -3.00. The van der Waals surface area contributed by atoms with Crippen LogP contribution in [0.5, 0.6) is 0 Å². The minimum atomic E-state index is -0.463. The Bertz CT molecular complexity index is 754. The van der Waals surface area contributed by atoms with Gasteiger partial charge in [0.05, 0.1) is 25.3 Å². The Hall–Kier alpha value is -1.92. The van der Waals surface area contributed by atoms with Gasteiger partial charge in [-0.05, 0) is 33.3 Å². The monoisotopic (exact) mass is 448 g/mol. The third kappa shape index (κ3) is 6.31. The van der Waals surface area contributed by atoms with Crippen molar-refractivity contribution < 1.29 is 35.8 Å². The van der Waals surface area contributed by atoms with Gasteiger partial charge in [0.2, 0.25) is 0 Å². The molecule has 28 heavy (non-hydrogen) atoms. The van der Waals surface area contributed by atoms with Crippen molar-refractivity contribution in [2.24, 2.45) is 0 Å². The quantitative estimate of drug-likeness (QED) is 0.633. The lowest BCUT2D eigenvalue weighted by Gasteiger charge is -2.40. The van der Waals surface area contributed by atoms with Crippen LogP contribution >= 0.6 is 0 Å². The highest BCUT2D eigenvalue weighted by molar-refractivity contribution is 5.69. The fourth-order valence-electron chi connectivity index (χ4n) is 3.01. The van der Waals surface area contributed by atoms with Crippen LogP contribution in [-0.4, -0.2) is 35.8 Å². The first-order chi connectivity index (χ1) is 12.8. The van der Waals surface area contributed by atoms with E-state index >= 15 is 0 Å². The van der Waals surface area contributed by atoms with Gasteiger partial charge in [-0.15, -0.1) is 0 Å². The summed E-state index contributed by atoms with van der Waals surface area (Å²) in [6.45, 7) is 9.69. The summed E-state index contributed by atoms with van der Waals surface area (Å²) in [5, 5.41) is 0. The van der Waals surface area contributed by atoms with Crippen LogP contribution in [0.1, 0.15) is 44.9 Å². The predicted molar refractivity (Wildman–Crippen MR) is 103 cm³/mol. The largest absolute Gasteiger partial charge is 1.00 e. The third-order valence-electron chi connectivity index (χ3n) is 4.49. The number of nitrogens with zero attached hydrogens (tertiary/aromatic N) is 2. The Morgan fingerprint density at radius 3 is 2.32 bits per heavy atom. The number of pyridine rings is 1. The van der Waals surface area contributed by atoms with Crippen molar-refractivity contribution >= 4 is 6.09 Å². The summed E-state index contributed by atoms with van der Waals surface area (Å²) in [5.74, 6) is 0. The molecule has 0 spiro atoms. The number of carbonyl (C=O) groups is 1. The van der Waals surface area contributed by atoms with Crippen molar-refractivity contribution in [1.29, 1.82) is 0 Å². The highest BCUT2D eigenvalue weighted by atomic mass is 79.9. The molecule has 6 heteroatoms. The number of aromatic nitrogens is 1. The van der Waals surface area contributed by atoms with E-state index in [4.69, 9.17) is 9.47 Å². The molecule has 1 aliphatic heterocycles. The first kappa shape index (κ1) is 22.4. The van der Waals surface area contributed by atoms with Gasteiger partial charge in [0.15, 0.2) is 18.9 Å². The van der Waals surface area contributed by atoms with Gasteiger partial charge in [-0.2, -0.15) is 0 Å². The highest BCUT2D eigenvalue weighted by Gasteiger charge is 2.35. The molecule has 1 aromatic carbocycles. The van der Waals surface area contributed by atoms with Crippen molar-refractivity contribution in [2.45, 2.75) is 52.0 Å². The summed E-state index contributed by atoms with van der Waals surface area (Å²) < 4.78 is 13.6. The van der Waals surface area contributed by atoms with E-state index in [0.29, 0.717) is 13.1 Å². The molecule has 0 aliphatic carbocycles. The van der Waals surface area contributed by atoms with E-state index in [1.807, 2.05) is 33.8 Å². The molecule has 0 bridgehead atoms. The van der Waals surface area contributed by atoms with Crippen LogP contribution in [0.3, 0.4) is 0 Å². The Balaban J connectivity index is 0.00000280. The molecule has 2 heterocycles. The molecule has 3 rings (SSSR count). The minimum Gasteiger partial charge on any atom is -1.00 e. The van der Waals surface area contributed by atoms with E-state index in [1.165, 1.54) is 5.56 Å². The molecule has 1 aromatic heterocycles. The summed E-state index contributed by atoms with van der Waals surface area (Å²) in [7, 11) is 0. The number of likely N-dealkylation sites (tertiary alicyclic amines) is 1. The van der Waals surface area contributed by atoms with Crippen LogP contribution < -0.4 is 21.5 Å². The van der Waals surface area contributed by atoms with Crippen LogP contribution in [0.2, 0.25) is 0 Å². The molecule has 2 aromatic rings. The van der Waals surface area contributed by atoms with Crippen LogP contribution in [0.25, 0.3) is 0 Å². The number of carbonyl (C=O) groups excluding carboxylic acids is 1. The van der Waals surface area contributed by atoms with E-state index in [1.54, 1.807) is 4.90 Å². The van der Waals surface area contributed by atoms with E-state index < -0.39 is 5.60 Å². The molecule has 1 fully saturated rings. The van der Waals surface area contributed by atoms with E-state index in [0.717, 1.165) is 12.1 Å². The van der Waals surface area contributed by atoms with Gasteiger partial charge in [-0.3, -0.25) is 0 Å². The average Bonchev–Trinajstić information content (AvgIpc) is 2.57. The lowest BCUT2D eigenvalue weighted by atomic mass is 10.1. The minimum absolute atomic E-state index is 0. The molecule has 5 nitrogen and oxygen atoms in total. The number of amides is 1. The smallest absolute Gasteiger partial charge is 0.410 e. The van der Waals surface area contributed by atoms with Gasteiger partial charge < -0.3 is 31.4 Å². The summed E-state index contributed by atoms with van der Waals surface area (Å²) >= 11 is 0. The molecule has 1 saturated heterocycles. The molecule has 0 saturated carbocycles. The number of halogens is 1. The molecule has 0 radical (unpaired) electrons. The van der Waals surface area contributed by atoms with Crippen molar-refractivity contribution in [1.82, 2.24) is 4.90 Å². The summed E-state index contributed by atoms with van der Waals surface area (Å²) in [6, 6.07) is 14.6. The second kappa shape index (κ2) is 9.52. The van der Waals surface area contributed by atoms with Crippen LogP contribution in [0.15, 0.2) is 54.9 Å². The zero-order valence-corrected chi connectivity index (χ0v) is 18.6. The van der Waals surface area contributed by atoms with Crippen LogP contribution in [0, 0.1) is 0 Å². The number of benzene rings is 1. The number of ether oxygens (including phenoxy) is 2. The zero-order chi connectivity index (χ0) is 19.4. The topological polar surface area (TPSA) is 42.6 Å². The van der Waals surface area contributed by atoms with E-state index in [2.05, 4.69) is 53.4 Å². The highest BCUT2D eigenvalue weighted by Crippen LogP contribution is 2.23. The molecule has 0 N–H and O–H groups in total. The molecule has 152 valence electrons. The fraction of sp³-hybridized carbons (Fsp3) is 0.455. The number of hydrogen-bond acceptors (Lipinski definition) is 3. The van der Waals surface area contributed by atoms with Gasteiger partial charge in [0, 0.05) is 17.7 Å². The maximum atomic E-state index is 12.0. The first-order valence-corrected chi connectivity index (χ1v) is 9.46. The van der Waals surface area contributed by atoms with Gasteiger partial charge in [-0.1, -0.05) is 30.3 Å². The average molecular weight is 449 g/mol. The molecule has 1 amide bonds. The van der Waals surface area contributed by atoms with Crippen LogP contribution in [0.4, 0.5) is 4.79 Å². The summed E-state index contributed by atoms with van der Waals surface area (Å²) in [6.07, 6.45) is 3.94. The lowest BCUT2D eigenvalue weighted by molar-refractivity contribution is -0.688.